The number of anilines is 1. The first-order chi connectivity index (χ1) is 11.8. The number of aliphatic hydroxyl groups is 1. The zero-order valence-corrected chi connectivity index (χ0v) is 14.5. The van der Waals surface area contributed by atoms with E-state index in [1.54, 1.807) is 13.0 Å². The summed E-state index contributed by atoms with van der Waals surface area (Å²) in [5, 5.41) is 10.7. The Morgan fingerprint density at radius 2 is 1.88 bits per heavy atom. The van der Waals surface area contributed by atoms with E-state index in [-0.39, 0.29) is 0 Å². The van der Waals surface area contributed by atoms with Crippen molar-refractivity contribution in [2.24, 2.45) is 9.98 Å². The van der Waals surface area contributed by atoms with Crippen LogP contribution in [0.4, 0.5) is 18.9 Å². The molecule has 0 aliphatic carbocycles. The number of aliphatic hydroxyl groups excluding tert-OH is 1. The molecule has 0 radical (unpaired) electrons. The number of benzene rings is 1. The van der Waals surface area contributed by atoms with Crippen LogP contribution in [0.25, 0.3) is 0 Å². The summed E-state index contributed by atoms with van der Waals surface area (Å²) in [6.45, 7) is 4.69. The van der Waals surface area contributed by atoms with E-state index in [0.717, 1.165) is 11.2 Å². The largest absolute Gasteiger partial charge is 0.416 e. The Morgan fingerprint density at radius 1 is 1.24 bits per heavy atom. The maximum atomic E-state index is 12.8. The molecule has 1 fully saturated rings. The average molecular weight is 372 g/mol. The van der Waals surface area contributed by atoms with Crippen LogP contribution in [0.15, 0.2) is 34.3 Å². The van der Waals surface area contributed by atoms with Gasteiger partial charge in [0.15, 0.2) is 10.3 Å². The maximum absolute atomic E-state index is 12.8. The van der Waals surface area contributed by atoms with E-state index >= 15 is 0 Å². The van der Waals surface area contributed by atoms with Crippen LogP contribution in [-0.2, 0) is 6.18 Å². The van der Waals surface area contributed by atoms with Crippen LogP contribution < -0.4 is 4.90 Å². The second kappa shape index (κ2) is 7.25. The molecule has 1 aromatic carbocycles. The van der Waals surface area contributed by atoms with Gasteiger partial charge in [-0.15, -0.1) is 0 Å². The number of hydrogen-bond acceptors (Lipinski definition) is 5. The van der Waals surface area contributed by atoms with Crippen molar-refractivity contribution in [3.63, 3.8) is 0 Å². The van der Waals surface area contributed by atoms with Crippen molar-refractivity contribution in [2.75, 3.05) is 37.6 Å². The molecule has 5 nitrogen and oxygen atoms in total. The summed E-state index contributed by atoms with van der Waals surface area (Å²) in [6.07, 6.45) is -4.81. The van der Waals surface area contributed by atoms with Crippen LogP contribution in [0, 0.1) is 0 Å². The third-order valence-electron chi connectivity index (χ3n) is 3.95. The quantitative estimate of drug-likeness (QED) is 0.886. The SMILES string of the molecule is CC(O)CN=C1N=C(N2CCN(c3cccc(C(F)(F)F)c3)CC2)S1. The highest BCUT2D eigenvalue weighted by Crippen LogP contribution is 2.32. The summed E-state index contributed by atoms with van der Waals surface area (Å²) < 4.78 is 38.5. The third-order valence-corrected chi connectivity index (χ3v) is 4.89. The van der Waals surface area contributed by atoms with Gasteiger partial charge in [0.2, 0.25) is 0 Å². The predicted molar refractivity (Wildman–Crippen MR) is 94.2 cm³/mol. The van der Waals surface area contributed by atoms with Gasteiger partial charge in [-0.25, -0.2) is 0 Å². The van der Waals surface area contributed by atoms with Gasteiger partial charge >= 0.3 is 6.18 Å². The molecular weight excluding hydrogens is 353 g/mol. The third kappa shape index (κ3) is 4.46. The van der Waals surface area contributed by atoms with Gasteiger partial charge < -0.3 is 14.9 Å². The zero-order valence-electron chi connectivity index (χ0n) is 13.7. The minimum atomic E-state index is -4.32. The van der Waals surface area contributed by atoms with Gasteiger partial charge in [0.1, 0.15) is 0 Å². The summed E-state index contributed by atoms with van der Waals surface area (Å²) >= 11 is 1.47. The zero-order chi connectivity index (χ0) is 18.0. The number of amidine groups is 2. The molecule has 25 heavy (non-hydrogen) atoms. The van der Waals surface area contributed by atoms with Crippen LogP contribution in [0.5, 0.6) is 0 Å². The van der Waals surface area contributed by atoms with Crippen LogP contribution in [0.2, 0.25) is 0 Å². The molecule has 0 spiro atoms. The van der Waals surface area contributed by atoms with Crippen LogP contribution >= 0.6 is 11.8 Å². The normalized spacial score (nSPS) is 21.2. The number of rotatable bonds is 3. The second-order valence-corrected chi connectivity index (χ2v) is 6.93. The molecule has 2 aliphatic rings. The first kappa shape index (κ1) is 18.1. The molecule has 136 valence electrons. The Bertz CT molecular complexity index is 682. The summed E-state index contributed by atoms with van der Waals surface area (Å²) in [5.41, 5.74) is -0.0258. The van der Waals surface area contributed by atoms with E-state index in [1.165, 1.54) is 23.9 Å². The van der Waals surface area contributed by atoms with Crippen molar-refractivity contribution < 1.29 is 18.3 Å². The monoisotopic (exact) mass is 372 g/mol. The first-order valence-corrected chi connectivity index (χ1v) is 8.81. The number of halogens is 3. The molecule has 1 atom stereocenters. The number of piperazine rings is 1. The highest BCUT2D eigenvalue weighted by molar-refractivity contribution is 8.28. The fraction of sp³-hybridized carbons (Fsp3) is 0.500. The Hall–Kier alpha value is -1.74. The molecule has 0 amide bonds. The minimum Gasteiger partial charge on any atom is -0.391 e. The Labute approximate surface area is 148 Å². The predicted octanol–water partition coefficient (Wildman–Crippen LogP) is 2.67. The van der Waals surface area contributed by atoms with Crippen LogP contribution in [0.3, 0.4) is 0 Å². The lowest BCUT2D eigenvalue weighted by atomic mass is 10.1. The van der Waals surface area contributed by atoms with Crippen molar-refractivity contribution in [1.82, 2.24) is 4.90 Å². The number of hydrogen-bond donors (Lipinski definition) is 1. The molecule has 1 saturated heterocycles. The van der Waals surface area contributed by atoms with Gasteiger partial charge in [-0.3, -0.25) is 4.99 Å². The fourth-order valence-electron chi connectivity index (χ4n) is 2.62. The van der Waals surface area contributed by atoms with Gasteiger partial charge in [0.25, 0.3) is 0 Å². The van der Waals surface area contributed by atoms with Crippen molar-refractivity contribution in [2.45, 2.75) is 19.2 Å². The lowest BCUT2D eigenvalue weighted by Crippen LogP contribution is -2.49. The van der Waals surface area contributed by atoms with E-state index in [4.69, 9.17) is 0 Å². The summed E-state index contributed by atoms with van der Waals surface area (Å²) in [4.78, 5) is 12.6. The van der Waals surface area contributed by atoms with E-state index in [0.29, 0.717) is 43.6 Å². The summed E-state index contributed by atoms with van der Waals surface area (Å²) in [6, 6.07) is 5.45. The molecule has 0 bridgehead atoms. The van der Waals surface area contributed by atoms with Crippen LogP contribution in [0.1, 0.15) is 12.5 Å². The maximum Gasteiger partial charge on any atom is 0.416 e. The molecule has 2 heterocycles. The highest BCUT2D eigenvalue weighted by Gasteiger charge is 2.31. The minimum absolute atomic E-state index is 0.336. The Kier molecular flexibility index (Phi) is 5.24. The number of alkyl halides is 3. The van der Waals surface area contributed by atoms with Crippen LogP contribution in [-0.4, -0.2) is 59.2 Å². The topological polar surface area (TPSA) is 51.4 Å². The van der Waals surface area contributed by atoms with E-state index in [1.807, 2.05) is 4.90 Å². The highest BCUT2D eigenvalue weighted by atomic mass is 32.2. The fourth-order valence-corrected chi connectivity index (χ4v) is 3.36. The van der Waals surface area contributed by atoms with E-state index in [2.05, 4.69) is 14.9 Å². The molecule has 2 aliphatic heterocycles. The standard InChI is InChI=1S/C16H19F3N4OS/c1-11(24)10-20-14-21-15(25-14)23-7-5-22(6-8-23)13-4-2-3-12(9-13)16(17,18)19/h2-4,9,11,24H,5-8,10H2,1H3. The van der Waals surface area contributed by atoms with Crippen molar-refractivity contribution in [3.8, 4) is 0 Å². The molecule has 1 aromatic rings. The Morgan fingerprint density at radius 3 is 2.48 bits per heavy atom. The van der Waals surface area contributed by atoms with Gasteiger partial charge in [0.05, 0.1) is 18.2 Å². The molecule has 0 aromatic heterocycles. The number of nitrogens with zero attached hydrogens (tertiary/aromatic N) is 4. The smallest absolute Gasteiger partial charge is 0.391 e. The molecular formula is C16H19F3N4OS. The molecule has 1 N–H and O–H groups in total. The van der Waals surface area contributed by atoms with Gasteiger partial charge in [-0.2, -0.15) is 18.2 Å². The second-order valence-electron chi connectivity index (χ2n) is 5.99. The van der Waals surface area contributed by atoms with Gasteiger partial charge in [-0.05, 0) is 36.9 Å². The molecule has 3 rings (SSSR count). The number of aliphatic imine (C=N–C) groups is 2. The van der Waals surface area contributed by atoms with Gasteiger partial charge in [0, 0.05) is 31.9 Å². The van der Waals surface area contributed by atoms with Gasteiger partial charge in [-0.1, -0.05) is 6.07 Å². The molecule has 1 unspecified atom stereocenters. The summed E-state index contributed by atoms with van der Waals surface area (Å²) in [5.74, 6) is 0. The summed E-state index contributed by atoms with van der Waals surface area (Å²) in [7, 11) is 0. The first-order valence-electron chi connectivity index (χ1n) is 7.99. The average Bonchev–Trinajstić information content (AvgIpc) is 2.53. The lowest BCUT2D eigenvalue weighted by molar-refractivity contribution is -0.137. The van der Waals surface area contributed by atoms with Crippen molar-refractivity contribution in [3.05, 3.63) is 29.8 Å². The Balaban J connectivity index is 1.57. The molecule has 9 heteroatoms. The molecule has 0 saturated carbocycles. The number of thioether (sulfide) groups is 1. The van der Waals surface area contributed by atoms with Crippen molar-refractivity contribution >= 4 is 27.8 Å². The van der Waals surface area contributed by atoms with Crippen molar-refractivity contribution in [1.29, 1.82) is 0 Å². The lowest BCUT2D eigenvalue weighted by Gasteiger charge is -2.39. The van der Waals surface area contributed by atoms with E-state index in [9.17, 15) is 18.3 Å². The van der Waals surface area contributed by atoms with E-state index < -0.39 is 17.8 Å².